The van der Waals surface area contributed by atoms with Gasteiger partial charge in [0.25, 0.3) is 0 Å². The molecular formula is C8H15NO3. The molecule has 0 spiro atoms. The van der Waals surface area contributed by atoms with Gasteiger partial charge >= 0.3 is 5.97 Å². The first-order chi connectivity index (χ1) is 5.68. The molecule has 70 valence electrons. The van der Waals surface area contributed by atoms with Gasteiger partial charge in [0.15, 0.2) is 0 Å². The molecule has 4 nitrogen and oxygen atoms in total. The maximum absolute atomic E-state index is 10.5. The van der Waals surface area contributed by atoms with Crippen LogP contribution in [0.4, 0.5) is 0 Å². The third-order valence-corrected chi connectivity index (χ3v) is 2.58. The highest BCUT2D eigenvalue weighted by molar-refractivity contribution is 5.67. The molecule has 12 heavy (non-hydrogen) atoms. The molecule has 0 bridgehead atoms. The van der Waals surface area contributed by atoms with Crippen LogP contribution in [0.3, 0.4) is 0 Å². The van der Waals surface area contributed by atoms with E-state index in [1.165, 1.54) is 0 Å². The highest BCUT2D eigenvalue weighted by Gasteiger charge is 2.36. The third kappa shape index (κ3) is 2.19. The average molecular weight is 173 g/mol. The lowest BCUT2D eigenvalue weighted by molar-refractivity contribution is -0.141. The van der Waals surface area contributed by atoms with E-state index in [-0.39, 0.29) is 11.8 Å². The summed E-state index contributed by atoms with van der Waals surface area (Å²) in [6.45, 7) is 0.374. The first-order valence-corrected chi connectivity index (χ1v) is 4.22. The standard InChI is InChI=1S/C8H15NO3/c9-12-6-8(5-7(10)11)3-1-2-4-8/h1-6,9H2,(H,10,11). The van der Waals surface area contributed by atoms with Gasteiger partial charge < -0.3 is 9.94 Å². The number of rotatable bonds is 4. The number of nitrogens with two attached hydrogens (primary N) is 1. The van der Waals surface area contributed by atoms with Gasteiger partial charge in [0, 0.05) is 5.41 Å². The Hall–Kier alpha value is -0.610. The second-order valence-corrected chi connectivity index (χ2v) is 3.59. The maximum atomic E-state index is 10.5. The van der Waals surface area contributed by atoms with Crippen molar-refractivity contribution in [1.29, 1.82) is 0 Å². The van der Waals surface area contributed by atoms with Crippen LogP contribution in [0.15, 0.2) is 0 Å². The van der Waals surface area contributed by atoms with Crippen molar-refractivity contribution in [2.24, 2.45) is 11.3 Å². The molecule has 0 atom stereocenters. The molecule has 1 aliphatic rings. The summed E-state index contributed by atoms with van der Waals surface area (Å²) in [5.74, 6) is 4.22. The molecule has 0 radical (unpaired) electrons. The fourth-order valence-electron chi connectivity index (χ4n) is 1.99. The van der Waals surface area contributed by atoms with Crippen LogP contribution in [0, 0.1) is 5.41 Å². The summed E-state index contributed by atoms with van der Waals surface area (Å²) >= 11 is 0. The van der Waals surface area contributed by atoms with Gasteiger partial charge in [0.05, 0.1) is 13.0 Å². The minimum Gasteiger partial charge on any atom is -0.481 e. The first kappa shape index (κ1) is 9.48. The van der Waals surface area contributed by atoms with Crippen LogP contribution in [0.2, 0.25) is 0 Å². The summed E-state index contributed by atoms with van der Waals surface area (Å²) in [7, 11) is 0. The number of carbonyl (C=O) groups is 1. The Balaban J connectivity index is 2.52. The summed E-state index contributed by atoms with van der Waals surface area (Å²) in [6.07, 6.45) is 4.23. The van der Waals surface area contributed by atoms with Crippen molar-refractivity contribution < 1.29 is 14.7 Å². The smallest absolute Gasteiger partial charge is 0.303 e. The van der Waals surface area contributed by atoms with Crippen molar-refractivity contribution in [2.75, 3.05) is 6.61 Å². The Morgan fingerprint density at radius 1 is 1.50 bits per heavy atom. The fourth-order valence-corrected chi connectivity index (χ4v) is 1.99. The second-order valence-electron chi connectivity index (χ2n) is 3.59. The Kier molecular flexibility index (Phi) is 3.05. The fraction of sp³-hybridized carbons (Fsp3) is 0.875. The van der Waals surface area contributed by atoms with Crippen LogP contribution in [0.25, 0.3) is 0 Å². The molecular weight excluding hydrogens is 158 g/mol. The molecule has 0 aromatic rings. The minimum absolute atomic E-state index is 0.180. The van der Waals surface area contributed by atoms with E-state index in [1.807, 2.05) is 0 Å². The highest BCUT2D eigenvalue weighted by atomic mass is 16.6. The van der Waals surface area contributed by atoms with E-state index in [0.29, 0.717) is 6.61 Å². The maximum Gasteiger partial charge on any atom is 0.303 e. The highest BCUT2D eigenvalue weighted by Crippen LogP contribution is 2.40. The molecule has 0 unspecified atom stereocenters. The lowest BCUT2D eigenvalue weighted by Gasteiger charge is -2.25. The van der Waals surface area contributed by atoms with E-state index >= 15 is 0 Å². The van der Waals surface area contributed by atoms with E-state index in [9.17, 15) is 4.79 Å². The Labute approximate surface area is 71.7 Å². The Bertz CT molecular complexity index is 164. The van der Waals surface area contributed by atoms with Gasteiger partial charge in [-0.05, 0) is 12.8 Å². The predicted octanol–water partition coefficient (Wildman–Crippen LogP) is 0.912. The number of carboxylic acids is 1. The van der Waals surface area contributed by atoms with Crippen LogP contribution in [0.1, 0.15) is 32.1 Å². The zero-order valence-corrected chi connectivity index (χ0v) is 7.08. The molecule has 1 saturated carbocycles. The zero-order chi connectivity index (χ0) is 9.03. The lowest BCUT2D eigenvalue weighted by Crippen LogP contribution is -2.28. The van der Waals surface area contributed by atoms with E-state index in [2.05, 4.69) is 4.84 Å². The van der Waals surface area contributed by atoms with E-state index in [0.717, 1.165) is 25.7 Å². The molecule has 0 aliphatic heterocycles. The first-order valence-electron chi connectivity index (χ1n) is 4.22. The predicted molar refractivity (Wildman–Crippen MR) is 43.3 cm³/mol. The molecule has 3 N–H and O–H groups in total. The SMILES string of the molecule is NOCC1(CC(=O)O)CCCC1. The van der Waals surface area contributed by atoms with Crippen LogP contribution in [-0.2, 0) is 9.63 Å². The molecule has 1 fully saturated rings. The van der Waals surface area contributed by atoms with Crippen molar-refractivity contribution in [3.8, 4) is 0 Å². The van der Waals surface area contributed by atoms with Gasteiger partial charge in [-0.1, -0.05) is 12.8 Å². The summed E-state index contributed by atoms with van der Waals surface area (Å²) in [4.78, 5) is 15.1. The number of aliphatic carboxylic acids is 1. The van der Waals surface area contributed by atoms with E-state index in [4.69, 9.17) is 11.0 Å². The molecule has 0 aromatic heterocycles. The van der Waals surface area contributed by atoms with Crippen LogP contribution >= 0.6 is 0 Å². The van der Waals surface area contributed by atoms with Gasteiger partial charge in [-0.25, -0.2) is 5.90 Å². The summed E-state index contributed by atoms with van der Waals surface area (Å²) in [5, 5.41) is 8.67. The zero-order valence-electron chi connectivity index (χ0n) is 7.08. The van der Waals surface area contributed by atoms with Gasteiger partial charge in [0.2, 0.25) is 0 Å². The van der Waals surface area contributed by atoms with Crippen molar-refractivity contribution in [1.82, 2.24) is 0 Å². The van der Waals surface area contributed by atoms with Gasteiger partial charge in [0.1, 0.15) is 0 Å². The average Bonchev–Trinajstić information content (AvgIpc) is 2.36. The summed E-state index contributed by atoms with van der Waals surface area (Å²) in [5.41, 5.74) is -0.180. The van der Waals surface area contributed by atoms with Crippen molar-refractivity contribution in [3.63, 3.8) is 0 Å². The number of hydrogen-bond acceptors (Lipinski definition) is 3. The van der Waals surface area contributed by atoms with E-state index in [1.54, 1.807) is 0 Å². The van der Waals surface area contributed by atoms with Crippen LogP contribution in [-0.4, -0.2) is 17.7 Å². The molecule has 0 saturated heterocycles. The normalized spacial score (nSPS) is 21.1. The second kappa shape index (κ2) is 3.87. The third-order valence-electron chi connectivity index (χ3n) is 2.58. The van der Waals surface area contributed by atoms with Crippen molar-refractivity contribution in [2.45, 2.75) is 32.1 Å². The molecule has 1 rings (SSSR count). The summed E-state index contributed by atoms with van der Waals surface area (Å²) < 4.78 is 0. The molecule has 4 heteroatoms. The van der Waals surface area contributed by atoms with Gasteiger partial charge in [-0.15, -0.1) is 0 Å². The van der Waals surface area contributed by atoms with Crippen LogP contribution in [0.5, 0.6) is 0 Å². The lowest BCUT2D eigenvalue weighted by atomic mass is 9.84. The molecule has 0 aromatic carbocycles. The minimum atomic E-state index is -0.756. The van der Waals surface area contributed by atoms with Crippen LogP contribution < -0.4 is 5.90 Å². The molecule has 0 heterocycles. The van der Waals surface area contributed by atoms with Crippen molar-refractivity contribution in [3.05, 3.63) is 0 Å². The monoisotopic (exact) mass is 173 g/mol. The van der Waals surface area contributed by atoms with Crippen molar-refractivity contribution >= 4 is 5.97 Å². The molecule has 0 amide bonds. The Morgan fingerprint density at radius 2 is 2.08 bits per heavy atom. The quantitative estimate of drug-likeness (QED) is 0.620. The molecule has 1 aliphatic carbocycles. The van der Waals surface area contributed by atoms with Gasteiger partial charge in [-0.2, -0.15) is 0 Å². The number of hydrogen-bond donors (Lipinski definition) is 2. The summed E-state index contributed by atoms with van der Waals surface area (Å²) in [6, 6.07) is 0. The largest absolute Gasteiger partial charge is 0.481 e. The topological polar surface area (TPSA) is 72.5 Å². The van der Waals surface area contributed by atoms with E-state index < -0.39 is 5.97 Å². The Morgan fingerprint density at radius 3 is 2.50 bits per heavy atom. The van der Waals surface area contributed by atoms with Gasteiger partial charge in [-0.3, -0.25) is 4.79 Å². The number of carboxylic acid groups (broad SMARTS) is 1.